The molecule has 1 fully saturated rings. The molecule has 1 aliphatic heterocycles. The van der Waals surface area contributed by atoms with Crippen molar-refractivity contribution in [2.75, 3.05) is 0 Å². The highest BCUT2D eigenvalue weighted by Gasteiger charge is 2.44. The molecule has 3 nitrogen and oxygen atoms in total. The number of nitrogens with two attached hydrogens (primary N) is 2. The van der Waals surface area contributed by atoms with E-state index in [0.29, 0.717) is 6.42 Å². The van der Waals surface area contributed by atoms with E-state index < -0.39 is 18.3 Å². The molecule has 4 N–H and O–H groups in total. The first-order valence-corrected chi connectivity index (χ1v) is 4.55. The van der Waals surface area contributed by atoms with Gasteiger partial charge in [0.25, 0.3) is 0 Å². The average Bonchev–Trinajstić information content (AvgIpc) is 2.07. The van der Waals surface area contributed by atoms with Crippen LogP contribution in [0.2, 0.25) is 0 Å². The summed E-state index contributed by atoms with van der Waals surface area (Å²) in [5.74, 6) is 0. The van der Waals surface area contributed by atoms with E-state index in [2.05, 4.69) is 0 Å². The van der Waals surface area contributed by atoms with Crippen LogP contribution < -0.4 is 11.5 Å². The second kappa shape index (κ2) is 4.04. The lowest BCUT2D eigenvalue weighted by atomic mass is 9.96. The molecule has 0 spiro atoms. The van der Waals surface area contributed by atoms with Gasteiger partial charge in [0.15, 0.2) is 0 Å². The summed E-state index contributed by atoms with van der Waals surface area (Å²) in [6.07, 6.45) is -4.92. The van der Waals surface area contributed by atoms with E-state index in [0.717, 1.165) is 0 Å². The van der Waals surface area contributed by atoms with Gasteiger partial charge in [-0.3, -0.25) is 0 Å². The van der Waals surface area contributed by atoms with Crippen LogP contribution in [0.15, 0.2) is 0 Å². The second-order valence-electron chi connectivity index (χ2n) is 3.69. The predicted molar refractivity (Wildman–Crippen MR) is 45.6 cm³/mol. The van der Waals surface area contributed by atoms with Crippen LogP contribution in [0.4, 0.5) is 13.2 Å². The van der Waals surface area contributed by atoms with Crippen LogP contribution in [0, 0.1) is 0 Å². The van der Waals surface area contributed by atoms with Gasteiger partial charge >= 0.3 is 6.18 Å². The van der Waals surface area contributed by atoms with Crippen LogP contribution >= 0.6 is 0 Å². The zero-order valence-electron chi connectivity index (χ0n) is 7.92. The molecule has 0 aromatic rings. The van der Waals surface area contributed by atoms with Gasteiger partial charge in [-0.15, -0.1) is 0 Å². The Kier molecular flexibility index (Phi) is 3.39. The summed E-state index contributed by atoms with van der Waals surface area (Å²) >= 11 is 0. The highest BCUT2D eigenvalue weighted by Crippen LogP contribution is 2.28. The Balaban J connectivity index is 2.55. The molecule has 0 aliphatic carbocycles. The monoisotopic (exact) mass is 212 g/mol. The molecule has 4 atom stereocenters. The minimum atomic E-state index is -4.40. The van der Waals surface area contributed by atoms with Gasteiger partial charge in [0.2, 0.25) is 0 Å². The molecular formula is C8H15F3N2O. The first-order chi connectivity index (χ1) is 6.32. The van der Waals surface area contributed by atoms with Crippen molar-refractivity contribution in [2.45, 2.75) is 50.2 Å². The maximum atomic E-state index is 12.2. The summed E-state index contributed by atoms with van der Waals surface area (Å²) in [4.78, 5) is 0. The molecule has 1 heterocycles. The number of hydrogen-bond donors (Lipinski definition) is 2. The molecule has 14 heavy (non-hydrogen) atoms. The van der Waals surface area contributed by atoms with Gasteiger partial charge in [0, 0.05) is 6.04 Å². The molecule has 0 amide bonds. The zero-order chi connectivity index (χ0) is 10.9. The minimum absolute atomic E-state index is 0.188. The van der Waals surface area contributed by atoms with Crippen LogP contribution in [-0.2, 0) is 4.74 Å². The Hall–Kier alpha value is -0.330. The fraction of sp³-hybridized carbons (Fsp3) is 1.00. The first kappa shape index (κ1) is 11.7. The van der Waals surface area contributed by atoms with Crippen LogP contribution in [0.25, 0.3) is 0 Å². The zero-order valence-corrected chi connectivity index (χ0v) is 7.92. The van der Waals surface area contributed by atoms with Gasteiger partial charge in [-0.25, -0.2) is 0 Å². The van der Waals surface area contributed by atoms with Crippen LogP contribution in [0.1, 0.15) is 19.8 Å². The summed E-state index contributed by atoms with van der Waals surface area (Å²) < 4.78 is 41.8. The first-order valence-electron chi connectivity index (χ1n) is 4.55. The van der Waals surface area contributed by atoms with Gasteiger partial charge in [-0.1, -0.05) is 0 Å². The molecule has 0 aromatic carbocycles. The minimum Gasteiger partial charge on any atom is -0.372 e. The normalized spacial score (nSPS) is 36.9. The van der Waals surface area contributed by atoms with Crippen molar-refractivity contribution in [2.24, 2.45) is 11.5 Å². The van der Waals surface area contributed by atoms with Crippen molar-refractivity contribution in [3.05, 3.63) is 0 Å². The molecule has 0 aromatic heterocycles. The molecule has 0 saturated carbocycles. The predicted octanol–water partition coefficient (Wildman–Crippen LogP) is 0.771. The number of ether oxygens (including phenoxy) is 1. The Morgan fingerprint density at radius 1 is 1.36 bits per heavy atom. The lowest BCUT2D eigenvalue weighted by Gasteiger charge is -2.36. The molecule has 0 bridgehead atoms. The molecule has 1 saturated heterocycles. The van der Waals surface area contributed by atoms with Crippen LogP contribution in [-0.4, -0.2) is 30.5 Å². The van der Waals surface area contributed by atoms with Crippen molar-refractivity contribution in [1.29, 1.82) is 0 Å². The van der Waals surface area contributed by atoms with Crippen LogP contribution in [0.3, 0.4) is 0 Å². The fourth-order valence-corrected chi connectivity index (χ4v) is 1.51. The third kappa shape index (κ3) is 2.59. The second-order valence-corrected chi connectivity index (χ2v) is 3.69. The topological polar surface area (TPSA) is 61.3 Å². The Labute approximate surface area is 80.6 Å². The quantitative estimate of drug-likeness (QED) is 0.675. The SMILES string of the molecule is C[C@H]1OC(C(N)C(F)(F)F)CC[C@H]1N. The van der Waals surface area contributed by atoms with E-state index in [9.17, 15) is 13.2 Å². The van der Waals surface area contributed by atoms with E-state index in [-0.39, 0.29) is 18.6 Å². The summed E-state index contributed by atoms with van der Waals surface area (Å²) in [6, 6.07) is -2.09. The maximum absolute atomic E-state index is 12.2. The average molecular weight is 212 g/mol. The fourth-order valence-electron chi connectivity index (χ4n) is 1.51. The van der Waals surface area contributed by atoms with Crippen molar-refractivity contribution in [3.8, 4) is 0 Å². The largest absolute Gasteiger partial charge is 0.406 e. The van der Waals surface area contributed by atoms with Gasteiger partial charge in [-0.05, 0) is 19.8 Å². The van der Waals surface area contributed by atoms with Crippen LogP contribution in [0.5, 0.6) is 0 Å². The van der Waals surface area contributed by atoms with Gasteiger partial charge in [0.05, 0.1) is 12.2 Å². The van der Waals surface area contributed by atoms with Gasteiger partial charge in [0.1, 0.15) is 6.04 Å². The molecule has 84 valence electrons. The van der Waals surface area contributed by atoms with E-state index >= 15 is 0 Å². The highest BCUT2D eigenvalue weighted by atomic mass is 19.4. The summed E-state index contributed by atoms with van der Waals surface area (Å²) in [5.41, 5.74) is 10.6. The number of halogens is 3. The number of alkyl halides is 3. The van der Waals surface area contributed by atoms with E-state index in [1.807, 2.05) is 0 Å². The molecule has 6 heteroatoms. The Morgan fingerprint density at radius 3 is 2.36 bits per heavy atom. The summed E-state index contributed by atoms with van der Waals surface area (Å²) in [7, 11) is 0. The van der Waals surface area contributed by atoms with E-state index in [1.165, 1.54) is 0 Å². The number of rotatable bonds is 1. The van der Waals surface area contributed by atoms with Crippen molar-refractivity contribution >= 4 is 0 Å². The number of hydrogen-bond acceptors (Lipinski definition) is 3. The Morgan fingerprint density at radius 2 is 1.93 bits per heavy atom. The lowest BCUT2D eigenvalue weighted by Crippen LogP contribution is -2.54. The maximum Gasteiger partial charge on any atom is 0.406 e. The van der Waals surface area contributed by atoms with E-state index in [1.54, 1.807) is 6.92 Å². The molecule has 0 radical (unpaired) electrons. The van der Waals surface area contributed by atoms with Gasteiger partial charge in [-0.2, -0.15) is 13.2 Å². The molecular weight excluding hydrogens is 197 g/mol. The third-order valence-corrected chi connectivity index (χ3v) is 2.56. The lowest BCUT2D eigenvalue weighted by molar-refractivity contribution is -0.190. The van der Waals surface area contributed by atoms with Crippen molar-refractivity contribution in [1.82, 2.24) is 0 Å². The van der Waals surface area contributed by atoms with E-state index in [4.69, 9.17) is 16.2 Å². The van der Waals surface area contributed by atoms with Crippen molar-refractivity contribution in [3.63, 3.8) is 0 Å². The highest BCUT2D eigenvalue weighted by molar-refractivity contribution is 4.87. The summed E-state index contributed by atoms with van der Waals surface area (Å²) in [5, 5.41) is 0. The van der Waals surface area contributed by atoms with Crippen molar-refractivity contribution < 1.29 is 17.9 Å². The third-order valence-electron chi connectivity index (χ3n) is 2.56. The molecule has 2 unspecified atom stereocenters. The molecule has 1 rings (SSSR count). The Bertz CT molecular complexity index is 198. The summed E-state index contributed by atoms with van der Waals surface area (Å²) in [6.45, 7) is 1.67. The molecule has 1 aliphatic rings. The van der Waals surface area contributed by atoms with Gasteiger partial charge < -0.3 is 16.2 Å². The standard InChI is InChI=1S/C8H15F3N2O/c1-4-5(12)2-3-6(14-4)7(13)8(9,10)11/h4-7H,2-3,12-13H2,1H3/t4-,5-,6?,7?/m1/s1. The smallest absolute Gasteiger partial charge is 0.372 e.